The zero-order chi connectivity index (χ0) is 24.4. The summed E-state index contributed by atoms with van der Waals surface area (Å²) in [5.41, 5.74) is 1.72. The predicted octanol–water partition coefficient (Wildman–Crippen LogP) is 4.76. The molecule has 4 aliphatic heterocycles. The van der Waals surface area contributed by atoms with Crippen LogP contribution in [-0.4, -0.2) is 40.2 Å². The summed E-state index contributed by atoms with van der Waals surface area (Å²) in [5, 5.41) is 13.3. The van der Waals surface area contributed by atoms with Gasteiger partial charge in [-0.25, -0.2) is 14.6 Å². The first-order chi connectivity index (χ1) is 16.8. The average molecular weight is 486 g/mol. The topological polar surface area (TPSA) is 109 Å². The van der Waals surface area contributed by atoms with E-state index < -0.39 is 29.9 Å². The van der Waals surface area contributed by atoms with Gasteiger partial charge in [-0.05, 0) is 50.2 Å². The summed E-state index contributed by atoms with van der Waals surface area (Å²) in [7, 11) is 0. The molecule has 5 heterocycles. The number of carboxylic acid groups (broad SMARTS) is 1. The minimum absolute atomic E-state index is 0.0640. The predicted molar refractivity (Wildman–Crippen MR) is 121 cm³/mol. The third-order valence-electron chi connectivity index (χ3n) is 8.55. The summed E-state index contributed by atoms with van der Waals surface area (Å²) < 4.78 is 24.4. The molecule has 35 heavy (non-hydrogen) atoms. The molecule has 7 rings (SSSR count). The maximum atomic E-state index is 11.2. The summed E-state index contributed by atoms with van der Waals surface area (Å²) in [6.07, 6.45) is 4.37. The summed E-state index contributed by atoms with van der Waals surface area (Å²) >= 11 is 0. The van der Waals surface area contributed by atoms with Gasteiger partial charge in [0.25, 0.3) is 0 Å². The number of fused-ring (bicyclic) bond motifs is 2. The summed E-state index contributed by atoms with van der Waals surface area (Å²) in [5.74, 6) is -0.751. The number of hydrogen-bond donors (Lipinski definition) is 1. The second kappa shape index (κ2) is 8.38. The van der Waals surface area contributed by atoms with Gasteiger partial charge in [0.1, 0.15) is 12.0 Å². The molecule has 0 radical (unpaired) electrons. The molecule has 9 heteroatoms. The molecule has 2 bridgehead atoms. The van der Waals surface area contributed by atoms with Crippen molar-refractivity contribution >= 4 is 5.97 Å². The van der Waals surface area contributed by atoms with E-state index in [1.807, 2.05) is 6.92 Å². The van der Waals surface area contributed by atoms with Crippen molar-refractivity contribution in [3.8, 4) is 11.3 Å². The lowest BCUT2D eigenvalue weighted by Crippen LogP contribution is -2.70. The lowest BCUT2D eigenvalue weighted by Gasteiger charge is -2.60. The average Bonchev–Trinajstić information content (AvgIpc) is 3.20. The van der Waals surface area contributed by atoms with Gasteiger partial charge in [-0.15, -0.1) is 0 Å². The van der Waals surface area contributed by atoms with Gasteiger partial charge >= 0.3 is 5.97 Å². The lowest BCUT2D eigenvalue weighted by molar-refractivity contribution is -0.577. The maximum absolute atomic E-state index is 11.2. The zero-order valence-electron chi connectivity index (χ0n) is 20.1. The second-order valence-corrected chi connectivity index (χ2v) is 10.7. The number of aromatic carboxylic acids is 1. The first-order valence-corrected chi connectivity index (χ1v) is 12.4. The molecule has 188 valence electrons. The Kier molecular flexibility index (Phi) is 5.54. The minimum Gasteiger partial charge on any atom is -0.478 e. The monoisotopic (exact) mass is 485 g/mol. The van der Waals surface area contributed by atoms with E-state index in [0.717, 1.165) is 36.8 Å². The highest BCUT2D eigenvalue weighted by Crippen LogP contribution is 2.60. The van der Waals surface area contributed by atoms with Crippen molar-refractivity contribution in [3.63, 3.8) is 0 Å². The van der Waals surface area contributed by atoms with Crippen LogP contribution in [-0.2, 0) is 30.6 Å². The number of rotatable bonds is 5. The molecule has 0 unspecified atom stereocenters. The molecule has 1 aliphatic carbocycles. The molecule has 1 saturated carbocycles. The van der Waals surface area contributed by atoms with E-state index in [2.05, 4.69) is 19.0 Å². The highest BCUT2D eigenvalue weighted by molar-refractivity contribution is 5.88. The van der Waals surface area contributed by atoms with E-state index in [9.17, 15) is 4.79 Å². The van der Waals surface area contributed by atoms with E-state index in [0.29, 0.717) is 17.5 Å². The van der Waals surface area contributed by atoms with Crippen LogP contribution in [0.1, 0.15) is 62.4 Å². The quantitative estimate of drug-likeness (QED) is 0.599. The molecule has 8 atom stereocenters. The number of carboxylic acids is 1. The highest BCUT2D eigenvalue weighted by atomic mass is 17.3. The number of aromatic nitrogens is 1. The Morgan fingerprint density at radius 2 is 1.94 bits per heavy atom. The van der Waals surface area contributed by atoms with Crippen LogP contribution < -0.4 is 0 Å². The van der Waals surface area contributed by atoms with Gasteiger partial charge in [-0.3, -0.25) is 0 Å². The van der Waals surface area contributed by atoms with Gasteiger partial charge in [0.2, 0.25) is 5.79 Å². The van der Waals surface area contributed by atoms with E-state index in [-0.39, 0.29) is 24.0 Å². The summed E-state index contributed by atoms with van der Waals surface area (Å²) in [6, 6.07) is 6.52. The largest absolute Gasteiger partial charge is 0.478 e. The molecule has 4 saturated heterocycles. The highest BCUT2D eigenvalue weighted by Gasteiger charge is 2.69. The van der Waals surface area contributed by atoms with Crippen molar-refractivity contribution in [1.29, 1.82) is 0 Å². The van der Waals surface area contributed by atoms with Crippen molar-refractivity contribution in [2.45, 2.75) is 77.0 Å². The first kappa shape index (κ1) is 23.1. The Balaban J connectivity index is 1.22. The van der Waals surface area contributed by atoms with Crippen LogP contribution in [0, 0.1) is 23.7 Å². The minimum atomic E-state index is -0.974. The summed E-state index contributed by atoms with van der Waals surface area (Å²) in [4.78, 5) is 23.2. The van der Waals surface area contributed by atoms with Gasteiger partial charge in [0.05, 0.1) is 12.2 Å². The molecule has 5 fully saturated rings. The smallest absolute Gasteiger partial charge is 0.335 e. The van der Waals surface area contributed by atoms with Crippen molar-refractivity contribution < 1.29 is 38.4 Å². The number of hydrogen-bond acceptors (Lipinski definition) is 8. The van der Waals surface area contributed by atoms with Crippen LogP contribution in [0.2, 0.25) is 0 Å². The molecular formula is C26H31NO8. The van der Waals surface area contributed by atoms with E-state index in [1.54, 1.807) is 30.5 Å². The van der Waals surface area contributed by atoms with E-state index >= 15 is 0 Å². The number of benzene rings is 1. The van der Waals surface area contributed by atoms with Gasteiger partial charge in [0.15, 0.2) is 18.2 Å². The molecule has 5 aliphatic rings. The molecule has 1 aromatic heterocycles. The van der Waals surface area contributed by atoms with Gasteiger partial charge in [-0.2, -0.15) is 0 Å². The van der Waals surface area contributed by atoms with Gasteiger partial charge < -0.3 is 23.8 Å². The van der Waals surface area contributed by atoms with Gasteiger partial charge in [0, 0.05) is 29.4 Å². The molecule has 1 aromatic carbocycles. The summed E-state index contributed by atoms with van der Waals surface area (Å²) in [6.45, 7) is 6.58. The number of carbonyl (C=O) groups is 1. The SMILES string of the molecule is C[C@H]1[C@@H](OCc2conc2-c2ccc(C(=O)O)cc2)O[C@@H]2O[C@@]3(C)CC[C@H]4[C@H](C)CC[C@@H]1[C@@]24OO3. The van der Waals surface area contributed by atoms with Crippen LogP contribution >= 0.6 is 0 Å². The van der Waals surface area contributed by atoms with Gasteiger partial charge in [-0.1, -0.05) is 31.1 Å². The van der Waals surface area contributed by atoms with Crippen molar-refractivity contribution in [3.05, 3.63) is 41.7 Å². The van der Waals surface area contributed by atoms with Crippen LogP contribution in [0.15, 0.2) is 35.1 Å². The molecular weight excluding hydrogens is 454 g/mol. The van der Waals surface area contributed by atoms with Crippen LogP contribution in [0.25, 0.3) is 11.3 Å². The van der Waals surface area contributed by atoms with Crippen molar-refractivity contribution in [2.24, 2.45) is 23.7 Å². The third-order valence-corrected chi connectivity index (χ3v) is 8.55. The third kappa shape index (κ3) is 3.64. The van der Waals surface area contributed by atoms with E-state index in [1.165, 1.54) is 0 Å². The Morgan fingerprint density at radius 3 is 2.71 bits per heavy atom. The standard InChI is InChI=1S/C26H31NO8/c1-14-4-9-20-15(2)23(32-24-26(20)19(14)10-11-25(3,33-24)34-35-26)30-12-18-13-31-27-21(18)16-5-7-17(8-6-16)22(28)29/h5-8,13-15,19-20,23-24H,4,9-12H2,1-3H3,(H,28,29)/t14-,15-,19+,20+,23+,24-,25-,26-/m1/s1. The Bertz CT molecular complexity index is 1100. The molecule has 1 spiro atoms. The lowest BCUT2D eigenvalue weighted by atomic mass is 9.58. The first-order valence-electron chi connectivity index (χ1n) is 12.4. The maximum Gasteiger partial charge on any atom is 0.335 e. The Labute approximate surface area is 203 Å². The molecule has 1 N–H and O–H groups in total. The fraction of sp³-hybridized carbons (Fsp3) is 0.615. The normalized spacial score (nSPS) is 40.2. The van der Waals surface area contributed by atoms with Crippen LogP contribution in [0.5, 0.6) is 0 Å². The van der Waals surface area contributed by atoms with Crippen molar-refractivity contribution in [2.75, 3.05) is 0 Å². The zero-order valence-corrected chi connectivity index (χ0v) is 20.1. The Morgan fingerprint density at radius 1 is 1.14 bits per heavy atom. The fourth-order valence-corrected chi connectivity index (χ4v) is 6.60. The van der Waals surface area contributed by atoms with E-state index in [4.69, 9.17) is 33.6 Å². The van der Waals surface area contributed by atoms with Crippen LogP contribution in [0.3, 0.4) is 0 Å². The molecule has 2 aromatic rings. The number of ether oxygens (including phenoxy) is 3. The van der Waals surface area contributed by atoms with Crippen LogP contribution in [0.4, 0.5) is 0 Å². The second-order valence-electron chi connectivity index (χ2n) is 10.7. The fourth-order valence-electron chi connectivity index (χ4n) is 6.60. The molecule has 0 amide bonds. The molecule has 9 nitrogen and oxygen atoms in total. The Hall–Kier alpha value is -2.30. The number of nitrogens with zero attached hydrogens (tertiary/aromatic N) is 1. The van der Waals surface area contributed by atoms with Crippen molar-refractivity contribution in [1.82, 2.24) is 5.16 Å².